The van der Waals surface area contributed by atoms with Crippen LogP contribution in [-0.2, 0) is 14.8 Å². The van der Waals surface area contributed by atoms with Crippen molar-refractivity contribution in [1.29, 1.82) is 0 Å². The third kappa shape index (κ3) is 5.40. The van der Waals surface area contributed by atoms with Gasteiger partial charge in [-0.15, -0.1) is 5.10 Å². The number of benzene rings is 2. The standard InChI is InChI=1S/C19H22N6O4S2/c1-3-24(4-2)31(28,29)17-11-5-14(6-12-17)20-18(27)13-30-19-21-22-23-25(19)15-7-9-16(26)10-8-15/h5-12,26H,3-4,13H2,1-2H3,(H,20,27). The molecule has 2 aromatic carbocycles. The number of amides is 1. The molecule has 1 amide bonds. The zero-order chi connectivity index (χ0) is 22.4. The number of phenolic OH excluding ortho intramolecular Hbond substituents is 1. The van der Waals surface area contributed by atoms with Crippen molar-refractivity contribution in [3.05, 3.63) is 48.5 Å². The number of anilines is 1. The van der Waals surface area contributed by atoms with Gasteiger partial charge < -0.3 is 10.4 Å². The summed E-state index contributed by atoms with van der Waals surface area (Å²) in [6.07, 6.45) is 0. The first-order valence-electron chi connectivity index (χ1n) is 9.45. The topological polar surface area (TPSA) is 130 Å². The molecule has 31 heavy (non-hydrogen) atoms. The van der Waals surface area contributed by atoms with Crippen LogP contribution in [0.4, 0.5) is 5.69 Å². The minimum Gasteiger partial charge on any atom is -0.508 e. The molecule has 12 heteroatoms. The number of hydrogen-bond donors (Lipinski definition) is 2. The third-order valence-electron chi connectivity index (χ3n) is 4.35. The largest absolute Gasteiger partial charge is 0.508 e. The van der Waals surface area contributed by atoms with E-state index in [1.807, 2.05) is 0 Å². The van der Waals surface area contributed by atoms with Gasteiger partial charge in [0.2, 0.25) is 21.1 Å². The molecular weight excluding hydrogens is 440 g/mol. The van der Waals surface area contributed by atoms with Crippen molar-refractivity contribution in [3.8, 4) is 11.4 Å². The summed E-state index contributed by atoms with van der Waals surface area (Å²) < 4.78 is 27.9. The molecule has 2 N–H and O–H groups in total. The Labute approximate surface area is 184 Å². The Hall–Kier alpha value is -2.96. The van der Waals surface area contributed by atoms with Crippen LogP contribution in [0.3, 0.4) is 0 Å². The summed E-state index contributed by atoms with van der Waals surface area (Å²) in [6.45, 7) is 4.34. The number of aromatic nitrogens is 4. The summed E-state index contributed by atoms with van der Waals surface area (Å²) in [5, 5.41) is 24.0. The van der Waals surface area contributed by atoms with Crippen molar-refractivity contribution in [2.45, 2.75) is 23.9 Å². The second-order valence-electron chi connectivity index (χ2n) is 6.34. The van der Waals surface area contributed by atoms with Crippen LogP contribution in [0.1, 0.15) is 13.8 Å². The highest BCUT2D eigenvalue weighted by molar-refractivity contribution is 7.99. The van der Waals surface area contributed by atoms with Crippen LogP contribution in [0, 0.1) is 0 Å². The molecule has 10 nitrogen and oxygen atoms in total. The average molecular weight is 463 g/mol. The van der Waals surface area contributed by atoms with E-state index in [-0.39, 0.29) is 22.3 Å². The molecule has 0 bridgehead atoms. The van der Waals surface area contributed by atoms with Crippen molar-refractivity contribution in [3.63, 3.8) is 0 Å². The van der Waals surface area contributed by atoms with Crippen LogP contribution in [0.2, 0.25) is 0 Å². The molecule has 3 rings (SSSR count). The molecule has 0 aliphatic heterocycles. The summed E-state index contributed by atoms with van der Waals surface area (Å²) in [6, 6.07) is 12.4. The number of tetrazole rings is 1. The summed E-state index contributed by atoms with van der Waals surface area (Å²) in [5.74, 6) is -0.108. The van der Waals surface area contributed by atoms with E-state index in [0.29, 0.717) is 29.6 Å². The first kappa shape index (κ1) is 22.7. The molecule has 1 heterocycles. The fourth-order valence-corrected chi connectivity index (χ4v) is 4.92. The molecule has 0 aliphatic carbocycles. The summed E-state index contributed by atoms with van der Waals surface area (Å²) >= 11 is 1.15. The number of nitrogens with zero attached hydrogens (tertiary/aromatic N) is 5. The van der Waals surface area contributed by atoms with Crippen molar-refractivity contribution < 1.29 is 18.3 Å². The number of carbonyl (C=O) groups is 1. The molecular formula is C19H22N6O4S2. The highest BCUT2D eigenvalue weighted by Gasteiger charge is 2.21. The highest BCUT2D eigenvalue weighted by atomic mass is 32.2. The van der Waals surface area contributed by atoms with Gasteiger partial charge >= 0.3 is 0 Å². The van der Waals surface area contributed by atoms with E-state index in [9.17, 15) is 18.3 Å². The van der Waals surface area contributed by atoms with E-state index in [1.54, 1.807) is 38.1 Å². The normalized spacial score (nSPS) is 11.6. The minimum absolute atomic E-state index is 0.0535. The molecule has 3 aromatic rings. The van der Waals surface area contributed by atoms with Gasteiger partial charge in [-0.05, 0) is 59.0 Å². The van der Waals surface area contributed by atoms with Gasteiger partial charge in [-0.25, -0.2) is 8.42 Å². The van der Waals surface area contributed by atoms with E-state index in [4.69, 9.17) is 0 Å². The van der Waals surface area contributed by atoms with Gasteiger partial charge in [0.1, 0.15) is 5.75 Å². The van der Waals surface area contributed by atoms with E-state index < -0.39 is 10.0 Å². The number of rotatable bonds is 9. The van der Waals surface area contributed by atoms with Gasteiger partial charge in [0.05, 0.1) is 16.3 Å². The first-order valence-corrected chi connectivity index (χ1v) is 11.9. The predicted molar refractivity (Wildman–Crippen MR) is 117 cm³/mol. The number of thioether (sulfide) groups is 1. The number of carbonyl (C=O) groups excluding carboxylic acids is 1. The maximum Gasteiger partial charge on any atom is 0.243 e. The van der Waals surface area contributed by atoms with Crippen LogP contribution in [-0.4, -0.2) is 62.8 Å². The van der Waals surface area contributed by atoms with Crippen molar-refractivity contribution in [2.24, 2.45) is 0 Å². The second kappa shape index (κ2) is 9.90. The Morgan fingerprint density at radius 3 is 2.35 bits per heavy atom. The summed E-state index contributed by atoms with van der Waals surface area (Å²) in [7, 11) is -3.54. The van der Waals surface area contributed by atoms with Gasteiger partial charge in [-0.2, -0.15) is 8.99 Å². The Morgan fingerprint density at radius 2 is 1.74 bits per heavy atom. The second-order valence-corrected chi connectivity index (χ2v) is 9.22. The van der Waals surface area contributed by atoms with E-state index in [1.165, 1.54) is 33.3 Å². The highest BCUT2D eigenvalue weighted by Crippen LogP contribution is 2.21. The molecule has 0 fully saturated rings. The van der Waals surface area contributed by atoms with Crippen LogP contribution < -0.4 is 5.32 Å². The smallest absolute Gasteiger partial charge is 0.243 e. The maximum atomic E-state index is 12.5. The van der Waals surface area contributed by atoms with Gasteiger partial charge in [0, 0.05) is 18.8 Å². The van der Waals surface area contributed by atoms with Gasteiger partial charge in [-0.3, -0.25) is 4.79 Å². The van der Waals surface area contributed by atoms with E-state index in [0.717, 1.165) is 11.8 Å². The van der Waals surface area contributed by atoms with Crippen molar-refractivity contribution >= 4 is 33.4 Å². The van der Waals surface area contributed by atoms with Crippen LogP contribution >= 0.6 is 11.8 Å². The third-order valence-corrected chi connectivity index (χ3v) is 7.33. The maximum absolute atomic E-state index is 12.5. The van der Waals surface area contributed by atoms with Crippen molar-refractivity contribution in [1.82, 2.24) is 24.5 Å². The molecule has 0 atom stereocenters. The number of aromatic hydroxyl groups is 1. The molecule has 1 aromatic heterocycles. The number of sulfonamides is 1. The fourth-order valence-electron chi connectivity index (χ4n) is 2.77. The molecule has 0 aliphatic rings. The van der Waals surface area contributed by atoms with Gasteiger partial charge in [0.25, 0.3) is 0 Å². The molecule has 0 unspecified atom stereocenters. The fraction of sp³-hybridized carbons (Fsp3) is 0.263. The molecule has 0 saturated heterocycles. The zero-order valence-corrected chi connectivity index (χ0v) is 18.6. The van der Waals surface area contributed by atoms with Gasteiger partial charge in [0.15, 0.2) is 0 Å². The van der Waals surface area contributed by atoms with Gasteiger partial charge in [-0.1, -0.05) is 25.6 Å². The molecule has 0 saturated carbocycles. The van der Waals surface area contributed by atoms with E-state index in [2.05, 4.69) is 20.8 Å². The summed E-state index contributed by atoms with van der Waals surface area (Å²) in [4.78, 5) is 12.5. The minimum atomic E-state index is -3.54. The lowest BCUT2D eigenvalue weighted by Crippen LogP contribution is -2.30. The number of hydrogen-bond acceptors (Lipinski definition) is 8. The monoisotopic (exact) mass is 462 g/mol. The quantitative estimate of drug-likeness (QED) is 0.463. The Balaban J connectivity index is 1.61. The average Bonchev–Trinajstić information content (AvgIpc) is 3.22. The van der Waals surface area contributed by atoms with E-state index >= 15 is 0 Å². The molecule has 164 valence electrons. The Kier molecular flexibility index (Phi) is 7.25. The SMILES string of the molecule is CCN(CC)S(=O)(=O)c1ccc(NC(=O)CSc2nnnn2-c2ccc(O)cc2)cc1. The summed E-state index contributed by atoms with van der Waals surface area (Å²) in [5.41, 5.74) is 1.14. The number of phenols is 1. The van der Waals surface area contributed by atoms with Crippen LogP contribution in [0.15, 0.2) is 58.6 Å². The number of nitrogens with one attached hydrogen (secondary N) is 1. The first-order chi connectivity index (χ1) is 14.8. The lowest BCUT2D eigenvalue weighted by molar-refractivity contribution is -0.113. The lowest BCUT2D eigenvalue weighted by Gasteiger charge is -2.18. The molecule has 0 radical (unpaired) electrons. The van der Waals surface area contributed by atoms with Crippen LogP contribution in [0.5, 0.6) is 5.75 Å². The Bertz CT molecular complexity index is 1130. The molecule has 0 spiro atoms. The lowest BCUT2D eigenvalue weighted by atomic mass is 10.3. The predicted octanol–water partition coefficient (Wildman–Crippen LogP) is 2.13. The Morgan fingerprint density at radius 1 is 1.10 bits per heavy atom. The van der Waals surface area contributed by atoms with Crippen LogP contribution in [0.25, 0.3) is 5.69 Å². The van der Waals surface area contributed by atoms with Crippen molar-refractivity contribution in [2.75, 3.05) is 24.2 Å². The zero-order valence-electron chi connectivity index (χ0n) is 17.0.